The van der Waals surface area contributed by atoms with Crippen molar-refractivity contribution in [1.29, 1.82) is 0 Å². The van der Waals surface area contributed by atoms with Gasteiger partial charge in [0.05, 0.1) is 12.2 Å². The predicted octanol–water partition coefficient (Wildman–Crippen LogP) is 0.292. The van der Waals surface area contributed by atoms with Gasteiger partial charge in [-0.3, -0.25) is 9.98 Å². The van der Waals surface area contributed by atoms with Crippen LogP contribution in [0.2, 0.25) is 0 Å². The second-order valence-electron chi connectivity index (χ2n) is 3.39. The highest BCUT2D eigenvalue weighted by Crippen LogP contribution is 2.00. The molecule has 1 heterocycles. The summed E-state index contributed by atoms with van der Waals surface area (Å²) in [4.78, 5) is 19.1. The third kappa shape index (κ3) is 5.50. The fourth-order valence-corrected chi connectivity index (χ4v) is 1.16. The molecule has 4 N–H and O–H groups in total. The summed E-state index contributed by atoms with van der Waals surface area (Å²) in [6, 6.07) is 3.23. The minimum atomic E-state index is -0.339. The van der Waals surface area contributed by atoms with Gasteiger partial charge in [-0.15, -0.1) is 0 Å². The SMILES string of the molecule is NC(N)=NCCCCOC(=O)c1ccncc1. The Balaban J connectivity index is 2.15. The first-order valence-corrected chi connectivity index (χ1v) is 5.32. The summed E-state index contributed by atoms with van der Waals surface area (Å²) in [7, 11) is 0. The van der Waals surface area contributed by atoms with Crippen molar-refractivity contribution in [1.82, 2.24) is 4.98 Å². The van der Waals surface area contributed by atoms with E-state index in [-0.39, 0.29) is 11.9 Å². The highest BCUT2D eigenvalue weighted by atomic mass is 16.5. The lowest BCUT2D eigenvalue weighted by Gasteiger charge is -2.03. The predicted molar refractivity (Wildman–Crippen MR) is 64.4 cm³/mol. The van der Waals surface area contributed by atoms with Crippen molar-refractivity contribution in [2.75, 3.05) is 13.2 Å². The number of carbonyl (C=O) groups is 1. The van der Waals surface area contributed by atoms with Gasteiger partial charge < -0.3 is 16.2 Å². The number of esters is 1. The van der Waals surface area contributed by atoms with Crippen molar-refractivity contribution < 1.29 is 9.53 Å². The molecule has 0 aliphatic carbocycles. The summed E-state index contributed by atoms with van der Waals surface area (Å²) in [6.07, 6.45) is 4.61. The third-order valence-electron chi connectivity index (χ3n) is 2.00. The average molecular weight is 236 g/mol. The van der Waals surface area contributed by atoms with Gasteiger partial charge >= 0.3 is 5.97 Å². The molecule has 1 rings (SSSR count). The lowest BCUT2D eigenvalue weighted by Crippen LogP contribution is -2.23. The Morgan fingerprint density at radius 3 is 2.65 bits per heavy atom. The molecule has 0 radical (unpaired) electrons. The number of nitrogens with two attached hydrogens (primary N) is 2. The number of guanidine groups is 1. The highest BCUT2D eigenvalue weighted by molar-refractivity contribution is 5.89. The van der Waals surface area contributed by atoms with Crippen LogP contribution in [0, 0.1) is 0 Å². The van der Waals surface area contributed by atoms with Crippen LogP contribution < -0.4 is 11.5 Å². The van der Waals surface area contributed by atoms with Gasteiger partial charge in [-0.2, -0.15) is 0 Å². The van der Waals surface area contributed by atoms with Crippen LogP contribution in [-0.2, 0) is 4.74 Å². The second kappa shape index (κ2) is 7.21. The fraction of sp³-hybridized carbons (Fsp3) is 0.364. The van der Waals surface area contributed by atoms with E-state index in [2.05, 4.69) is 9.98 Å². The maximum atomic E-state index is 11.5. The monoisotopic (exact) mass is 236 g/mol. The van der Waals surface area contributed by atoms with E-state index in [0.717, 1.165) is 12.8 Å². The number of unbranched alkanes of at least 4 members (excludes halogenated alkanes) is 1. The summed E-state index contributed by atoms with van der Waals surface area (Å²) in [5.41, 5.74) is 10.8. The van der Waals surface area contributed by atoms with Gasteiger partial charge in [0.2, 0.25) is 0 Å². The summed E-state index contributed by atoms with van der Waals surface area (Å²) in [6.45, 7) is 0.913. The van der Waals surface area contributed by atoms with Crippen molar-refractivity contribution in [3.8, 4) is 0 Å². The lowest BCUT2D eigenvalue weighted by atomic mass is 10.3. The number of aliphatic imine (C=N–C) groups is 1. The molecule has 0 saturated heterocycles. The Hall–Kier alpha value is -2.11. The molecule has 92 valence electrons. The largest absolute Gasteiger partial charge is 0.462 e. The van der Waals surface area contributed by atoms with Crippen LogP contribution in [-0.4, -0.2) is 30.1 Å². The standard InChI is InChI=1S/C11H16N4O2/c12-11(13)15-5-1-2-8-17-10(16)9-3-6-14-7-4-9/h3-4,6-7H,1-2,5,8H2,(H4,12,13,15). The minimum absolute atomic E-state index is 0.0822. The summed E-state index contributed by atoms with van der Waals surface area (Å²) >= 11 is 0. The van der Waals surface area contributed by atoms with E-state index < -0.39 is 0 Å². The van der Waals surface area contributed by atoms with Crippen molar-refractivity contribution in [3.63, 3.8) is 0 Å². The number of ether oxygens (including phenoxy) is 1. The van der Waals surface area contributed by atoms with Crippen LogP contribution in [0.4, 0.5) is 0 Å². The molecule has 0 saturated carbocycles. The van der Waals surface area contributed by atoms with Crippen molar-refractivity contribution in [2.45, 2.75) is 12.8 Å². The average Bonchev–Trinajstić information content (AvgIpc) is 2.34. The zero-order valence-electron chi connectivity index (χ0n) is 9.50. The van der Waals surface area contributed by atoms with Gasteiger partial charge in [0, 0.05) is 18.9 Å². The summed E-state index contributed by atoms with van der Waals surface area (Å²) < 4.78 is 5.06. The highest BCUT2D eigenvalue weighted by Gasteiger charge is 2.04. The Labute approximate surface area is 99.7 Å². The smallest absolute Gasteiger partial charge is 0.338 e. The van der Waals surface area contributed by atoms with Gasteiger partial charge in [-0.1, -0.05) is 0 Å². The molecule has 1 aromatic heterocycles. The van der Waals surface area contributed by atoms with Crippen molar-refractivity contribution in [2.24, 2.45) is 16.5 Å². The molecular weight excluding hydrogens is 220 g/mol. The minimum Gasteiger partial charge on any atom is -0.462 e. The Morgan fingerprint density at radius 1 is 1.29 bits per heavy atom. The molecule has 0 aliphatic rings. The van der Waals surface area contributed by atoms with Gasteiger partial charge in [0.1, 0.15) is 0 Å². The molecule has 0 aliphatic heterocycles. The van der Waals surface area contributed by atoms with E-state index >= 15 is 0 Å². The van der Waals surface area contributed by atoms with Crippen LogP contribution in [0.5, 0.6) is 0 Å². The Kier molecular flexibility index (Phi) is 5.50. The molecule has 1 aromatic rings. The fourth-order valence-electron chi connectivity index (χ4n) is 1.16. The lowest BCUT2D eigenvalue weighted by molar-refractivity contribution is 0.0499. The molecule has 6 heteroatoms. The van der Waals surface area contributed by atoms with Crippen LogP contribution in [0.1, 0.15) is 23.2 Å². The molecular formula is C11H16N4O2. The van der Waals surface area contributed by atoms with Crippen LogP contribution in [0.25, 0.3) is 0 Å². The molecule has 0 aromatic carbocycles. The van der Waals surface area contributed by atoms with Gasteiger partial charge in [0.25, 0.3) is 0 Å². The summed E-state index contributed by atoms with van der Waals surface area (Å²) in [5, 5.41) is 0. The van der Waals surface area contributed by atoms with Crippen LogP contribution >= 0.6 is 0 Å². The van der Waals surface area contributed by atoms with Crippen LogP contribution in [0.15, 0.2) is 29.5 Å². The topological polar surface area (TPSA) is 104 Å². The van der Waals surface area contributed by atoms with E-state index in [9.17, 15) is 4.79 Å². The number of rotatable bonds is 6. The zero-order valence-corrected chi connectivity index (χ0v) is 9.50. The number of aromatic nitrogens is 1. The van der Waals surface area contributed by atoms with Crippen molar-refractivity contribution in [3.05, 3.63) is 30.1 Å². The second-order valence-corrected chi connectivity index (χ2v) is 3.39. The first-order chi connectivity index (χ1) is 8.20. The summed E-state index contributed by atoms with van der Waals surface area (Å²) in [5.74, 6) is -0.256. The normalized spacial score (nSPS) is 9.65. The molecule has 0 unspecified atom stereocenters. The van der Waals surface area contributed by atoms with Gasteiger partial charge in [-0.25, -0.2) is 4.79 Å². The van der Waals surface area contributed by atoms with E-state index in [0.29, 0.717) is 18.7 Å². The maximum absolute atomic E-state index is 11.5. The molecule has 6 nitrogen and oxygen atoms in total. The quantitative estimate of drug-likeness (QED) is 0.320. The van der Waals surface area contributed by atoms with Gasteiger partial charge in [-0.05, 0) is 25.0 Å². The zero-order chi connectivity index (χ0) is 12.5. The molecule has 0 fully saturated rings. The number of hydrogen-bond acceptors (Lipinski definition) is 4. The van der Waals surface area contributed by atoms with E-state index in [1.807, 2.05) is 0 Å². The third-order valence-corrected chi connectivity index (χ3v) is 2.00. The Morgan fingerprint density at radius 2 is 2.00 bits per heavy atom. The molecule has 0 bridgehead atoms. The van der Waals surface area contributed by atoms with E-state index in [4.69, 9.17) is 16.2 Å². The molecule has 0 spiro atoms. The van der Waals surface area contributed by atoms with Crippen LogP contribution in [0.3, 0.4) is 0 Å². The van der Waals surface area contributed by atoms with Gasteiger partial charge in [0.15, 0.2) is 5.96 Å². The molecule has 0 atom stereocenters. The molecule has 0 amide bonds. The molecule has 17 heavy (non-hydrogen) atoms. The van der Waals surface area contributed by atoms with E-state index in [1.54, 1.807) is 24.5 Å². The van der Waals surface area contributed by atoms with Crippen molar-refractivity contribution >= 4 is 11.9 Å². The first-order valence-electron chi connectivity index (χ1n) is 5.32. The first kappa shape index (κ1) is 13.0. The number of carbonyl (C=O) groups excluding carboxylic acids is 1. The van der Waals surface area contributed by atoms with E-state index in [1.165, 1.54) is 0 Å². The number of nitrogens with zero attached hydrogens (tertiary/aromatic N) is 2. The maximum Gasteiger partial charge on any atom is 0.338 e. The Bertz CT molecular complexity index is 374. The number of pyridine rings is 1. The number of hydrogen-bond donors (Lipinski definition) is 2.